The topological polar surface area (TPSA) is 50.3 Å². The standard InChI is InChI=1S/C14H12N2O2S/c1-8-4-3-5-10-12(8)16(14(18)13(10)17)6-11-15-9(2)7-19-11/h3-5,7H,6H2,1-2H3. The minimum Gasteiger partial charge on any atom is -0.298 e. The van der Waals surface area contributed by atoms with Gasteiger partial charge < -0.3 is 0 Å². The molecule has 0 unspecified atom stereocenters. The van der Waals surface area contributed by atoms with Crippen LogP contribution in [0.3, 0.4) is 0 Å². The van der Waals surface area contributed by atoms with Crippen LogP contribution in [0.4, 0.5) is 5.69 Å². The number of benzene rings is 1. The highest BCUT2D eigenvalue weighted by atomic mass is 32.1. The zero-order valence-corrected chi connectivity index (χ0v) is 11.5. The van der Waals surface area contributed by atoms with Gasteiger partial charge in [-0.15, -0.1) is 11.3 Å². The van der Waals surface area contributed by atoms with Gasteiger partial charge in [-0.1, -0.05) is 12.1 Å². The summed E-state index contributed by atoms with van der Waals surface area (Å²) in [7, 11) is 0. The fourth-order valence-corrected chi connectivity index (χ4v) is 3.06. The molecule has 0 fully saturated rings. The van der Waals surface area contributed by atoms with Crippen molar-refractivity contribution in [3.8, 4) is 0 Å². The molecule has 0 saturated heterocycles. The Labute approximate surface area is 114 Å². The number of rotatable bonds is 2. The quantitative estimate of drug-likeness (QED) is 0.789. The lowest BCUT2D eigenvalue weighted by molar-refractivity contribution is -0.114. The van der Waals surface area contributed by atoms with Crippen molar-refractivity contribution < 1.29 is 9.59 Å². The monoisotopic (exact) mass is 272 g/mol. The second-order valence-electron chi connectivity index (χ2n) is 4.57. The van der Waals surface area contributed by atoms with E-state index in [0.29, 0.717) is 12.1 Å². The number of aryl methyl sites for hydroxylation is 2. The number of hydrogen-bond acceptors (Lipinski definition) is 4. The predicted molar refractivity (Wildman–Crippen MR) is 73.6 cm³/mol. The average molecular weight is 272 g/mol. The maximum absolute atomic E-state index is 12.1. The van der Waals surface area contributed by atoms with E-state index < -0.39 is 11.7 Å². The Hall–Kier alpha value is -2.01. The molecule has 96 valence electrons. The minimum atomic E-state index is -0.461. The largest absolute Gasteiger partial charge is 0.299 e. The second-order valence-corrected chi connectivity index (χ2v) is 5.52. The maximum atomic E-state index is 12.1. The van der Waals surface area contributed by atoms with E-state index in [4.69, 9.17) is 0 Å². The molecule has 0 bridgehead atoms. The molecule has 0 saturated carbocycles. The Morgan fingerprint density at radius 2 is 2.05 bits per heavy atom. The van der Waals surface area contributed by atoms with E-state index in [1.54, 1.807) is 12.1 Å². The van der Waals surface area contributed by atoms with Gasteiger partial charge in [0.2, 0.25) is 0 Å². The molecule has 1 aliphatic heterocycles. The summed E-state index contributed by atoms with van der Waals surface area (Å²) in [5.41, 5.74) is 3.09. The first-order valence-corrected chi connectivity index (χ1v) is 6.82. The van der Waals surface area contributed by atoms with Gasteiger partial charge in [-0.05, 0) is 25.5 Å². The number of anilines is 1. The Balaban J connectivity index is 2.04. The van der Waals surface area contributed by atoms with E-state index in [2.05, 4.69) is 4.98 Å². The molecule has 1 aromatic carbocycles. The molecule has 19 heavy (non-hydrogen) atoms. The zero-order chi connectivity index (χ0) is 13.6. The molecule has 4 nitrogen and oxygen atoms in total. The van der Waals surface area contributed by atoms with E-state index >= 15 is 0 Å². The number of aromatic nitrogens is 1. The van der Waals surface area contributed by atoms with Crippen molar-refractivity contribution in [2.24, 2.45) is 0 Å². The highest BCUT2D eigenvalue weighted by Crippen LogP contribution is 2.33. The summed E-state index contributed by atoms with van der Waals surface area (Å²) in [5, 5.41) is 2.78. The molecule has 0 spiro atoms. The first-order valence-electron chi connectivity index (χ1n) is 5.94. The van der Waals surface area contributed by atoms with Gasteiger partial charge in [0.25, 0.3) is 11.7 Å². The smallest absolute Gasteiger partial charge is 0.298 e. The third kappa shape index (κ3) is 1.86. The van der Waals surface area contributed by atoms with Crippen LogP contribution >= 0.6 is 11.3 Å². The molecule has 3 rings (SSSR count). The summed E-state index contributed by atoms with van der Waals surface area (Å²) in [5.74, 6) is -0.885. The summed E-state index contributed by atoms with van der Waals surface area (Å²) < 4.78 is 0. The lowest BCUT2D eigenvalue weighted by Crippen LogP contribution is -2.29. The fraction of sp³-hybridized carbons (Fsp3) is 0.214. The van der Waals surface area contributed by atoms with Crippen LogP contribution < -0.4 is 4.90 Å². The van der Waals surface area contributed by atoms with Crippen LogP contribution in [0.25, 0.3) is 0 Å². The number of thiazole rings is 1. The molecule has 1 aromatic heterocycles. The van der Waals surface area contributed by atoms with Crippen molar-refractivity contribution in [3.63, 3.8) is 0 Å². The van der Waals surface area contributed by atoms with Gasteiger partial charge in [-0.3, -0.25) is 14.5 Å². The van der Waals surface area contributed by atoms with E-state index in [9.17, 15) is 9.59 Å². The average Bonchev–Trinajstić information content (AvgIpc) is 2.89. The summed E-state index contributed by atoms with van der Waals surface area (Å²) in [6.45, 7) is 4.18. The van der Waals surface area contributed by atoms with E-state index in [-0.39, 0.29) is 0 Å². The van der Waals surface area contributed by atoms with Crippen LogP contribution in [-0.4, -0.2) is 16.7 Å². The molecule has 0 radical (unpaired) electrons. The molecule has 2 aromatic rings. The summed E-state index contributed by atoms with van der Waals surface area (Å²) in [4.78, 5) is 29.9. The molecular formula is C14H12N2O2S. The first kappa shape index (κ1) is 12.0. The Morgan fingerprint density at radius 1 is 1.26 bits per heavy atom. The predicted octanol–water partition coefficient (Wildman–Crippen LogP) is 2.49. The van der Waals surface area contributed by atoms with Crippen LogP contribution in [-0.2, 0) is 11.3 Å². The molecule has 0 aliphatic carbocycles. The van der Waals surface area contributed by atoms with Crippen molar-refractivity contribution >= 4 is 28.7 Å². The van der Waals surface area contributed by atoms with Crippen LogP contribution in [0.5, 0.6) is 0 Å². The molecule has 1 aliphatic rings. The number of carbonyl (C=O) groups excluding carboxylic acids is 2. The number of nitrogens with zero attached hydrogens (tertiary/aromatic N) is 2. The minimum absolute atomic E-state index is 0.362. The van der Waals surface area contributed by atoms with Crippen LogP contribution in [0.2, 0.25) is 0 Å². The second kappa shape index (κ2) is 4.28. The summed E-state index contributed by atoms with van der Waals surface area (Å²) in [6.07, 6.45) is 0. The number of Topliss-reactive ketones (excluding diaryl/α,β-unsaturated/α-hetero) is 1. The van der Waals surface area contributed by atoms with Gasteiger partial charge in [-0.2, -0.15) is 0 Å². The molecular weight excluding hydrogens is 260 g/mol. The van der Waals surface area contributed by atoms with Crippen molar-refractivity contribution in [3.05, 3.63) is 45.4 Å². The van der Waals surface area contributed by atoms with Crippen LogP contribution in [0.1, 0.15) is 26.6 Å². The number of ketones is 1. The third-order valence-electron chi connectivity index (χ3n) is 3.15. The van der Waals surface area contributed by atoms with Crippen molar-refractivity contribution in [1.82, 2.24) is 4.98 Å². The Kier molecular flexibility index (Phi) is 2.71. The van der Waals surface area contributed by atoms with E-state index in [1.807, 2.05) is 25.3 Å². The van der Waals surface area contributed by atoms with Gasteiger partial charge >= 0.3 is 0 Å². The Bertz CT molecular complexity index is 691. The Morgan fingerprint density at radius 3 is 2.74 bits per heavy atom. The molecule has 1 amide bonds. The van der Waals surface area contributed by atoms with Crippen molar-refractivity contribution in [1.29, 1.82) is 0 Å². The number of carbonyl (C=O) groups is 2. The van der Waals surface area contributed by atoms with Gasteiger partial charge in [-0.25, -0.2) is 4.98 Å². The highest BCUT2D eigenvalue weighted by molar-refractivity contribution is 7.09. The van der Waals surface area contributed by atoms with E-state index in [0.717, 1.165) is 22.0 Å². The highest BCUT2D eigenvalue weighted by Gasteiger charge is 2.37. The molecule has 2 heterocycles. The van der Waals surface area contributed by atoms with Gasteiger partial charge in [0.15, 0.2) is 0 Å². The molecule has 0 N–H and O–H groups in total. The number of hydrogen-bond donors (Lipinski definition) is 0. The van der Waals surface area contributed by atoms with E-state index in [1.165, 1.54) is 16.2 Å². The third-order valence-corrected chi connectivity index (χ3v) is 4.10. The summed E-state index contributed by atoms with van der Waals surface area (Å²) >= 11 is 1.50. The fourth-order valence-electron chi connectivity index (χ4n) is 2.30. The van der Waals surface area contributed by atoms with Gasteiger partial charge in [0, 0.05) is 11.1 Å². The number of fused-ring (bicyclic) bond motifs is 1. The van der Waals surface area contributed by atoms with Crippen LogP contribution in [0.15, 0.2) is 23.6 Å². The molecule has 5 heteroatoms. The van der Waals surface area contributed by atoms with Gasteiger partial charge in [0.05, 0.1) is 17.8 Å². The van der Waals surface area contributed by atoms with Crippen molar-refractivity contribution in [2.45, 2.75) is 20.4 Å². The zero-order valence-electron chi connectivity index (χ0n) is 10.6. The lowest BCUT2D eigenvalue weighted by atomic mass is 10.1. The normalized spacial score (nSPS) is 14.1. The maximum Gasteiger partial charge on any atom is 0.299 e. The van der Waals surface area contributed by atoms with Crippen molar-refractivity contribution in [2.75, 3.05) is 4.90 Å². The summed E-state index contributed by atoms with van der Waals surface area (Å²) in [6, 6.07) is 5.41. The number of para-hydroxylation sites is 1. The van der Waals surface area contributed by atoms with Crippen LogP contribution in [0, 0.1) is 13.8 Å². The van der Waals surface area contributed by atoms with Gasteiger partial charge in [0.1, 0.15) is 5.01 Å². The number of amides is 1. The molecule has 0 atom stereocenters. The lowest BCUT2D eigenvalue weighted by Gasteiger charge is -2.16. The SMILES string of the molecule is Cc1csc(CN2C(=O)C(=O)c3cccc(C)c32)n1. The first-order chi connectivity index (χ1) is 9.08.